The highest BCUT2D eigenvalue weighted by Crippen LogP contribution is 2.19. The molecule has 0 bridgehead atoms. The maximum absolute atomic E-state index is 12.2. The third kappa shape index (κ3) is 5.31. The van der Waals surface area contributed by atoms with Crippen molar-refractivity contribution in [3.8, 4) is 0 Å². The van der Waals surface area contributed by atoms with Crippen molar-refractivity contribution in [1.82, 2.24) is 14.9 Å². The molecule has 0 atom stereocenters. The molecule has 1 aromatic heterocycles. The maximum Gasteiger partial charge on any atom is 0.264 e. The van der Waals surface area contributed by atoms with E-state index in [9.17, 15) is 4.79 Å². The first kappa shape index (κ1) is 19.4. The van der Waals surface area contributed by atoms with Gasteiger partial charge in [-0.15, -0.1) is 10.2 Å². The highest BCUT2D eigenvalue weighted by Gasteiger charge is 2.13. The van der Waals surface area contributed by atoms with E-state index in [-0.39, 0.29) is 17.5 Å². The Balaban J connectivity index is 1.58. The van der Waals surface area contributed by atoms with Crippen LogP contribution in [0.15, 0.2) is 63.3 Å². The van der Waals surface area contributed by atoms with Gasteiger partial charge in [0.15, 0.2) is 5.78 Å². The number of nitrogens with two attached hydrogens (primary N) is 1. The van der Waals surface area contributed by atoms with Gasteiger partial charge in [-0.3, -0.25) is 4.79 Å². The minimum Gasteiger partial charge on any atom is -0.334 e. The van der Waals surface area contributed by atoms with Gasteiger partial charge in [-0.05, 0) is 29.8 Å². The van der Waals surface area contributed by atoms with Crippen LogP contribution in [0.4, 0.5) is 5.95 Å². The van der Waals surface area contributed by atoms with Gasteiger partial charge in [-0.25, -0.2) is 10.1 Å². The Bertz CT molecular complexity index is 976. The van der Waals surface area contributed by atoms with Crippen LogP contribution >= 0.6 is 39.3 Å². The quantitative estimate of drug-likeness (QED) is 0.181. The second-order valence-electron chi connectivity index (χ2n) is 5.32. The summed E-state index contributed by atoms with van der Waals surface area (Å²) in [6, 6.07) is 14.4. The van der Waals surface area contributed by atoms with Gasteiger partial charge in [0.25, 0.3) is 5.95 Å². The molecule has 3 rings (SSSR count). The standard InChI is InChI=1S/C17H14BrClN6OS/c18-13-6-4-12(5-7-13)15(26)10-27-17-24-23-16(25(17)20)22-21-9-11-2-1-3-14(19)8-11/h1-9H,10,20H2,(H,22,23)/b21-9+. The molecule has 0 amide bonds. The Hall–Kier alpha value is -2.36. The first-order chi connectivity index (χ1) is 13.0. The van der Waals surface area contributed by atoms with Crippen molar-refractivity contribution in [2.45, 2.75) is 5.16 Å². The number of nitrogen functional groups attached to an aromatic ring is 1. The Labute approximate surface area is 173 Å². The van der Waals surface area contributed by atoms with Crippen molar-refractivity contribution >= 4 is 57.2 Å². The highest BCUT2D eigenvalue weighted by atomic mass is 79.9. The number of halogens is 2. The molecular formula is C17H14BrClN6OS. The summed E-state index contributed by atoms with van der Waals surface area (Å²) in [5.74, 6) is 6.38. The van der Waals surface area contributed by atoms with Gasteiger partial charge in [-0.1, -0.05) is 63.6 Å². The molecule has 1 heterocycles. The first-order valence-electron chi connectivity index (χ1n) is 7.69. The lowest BCUT2D eigenvalue weighted by molar-refractivity contribution is 0.102. The van der Waals surface area contributed by atoms with Crippen LogP contribution in [0.1, 0.15) is 15.9 Å². The Morgan fingerprint density at radius 3 is 2.81 bits per heavy atom. The lowest BCUT2D eigenvalue weighted by atomic mass is 10.2. The number of anilines is 1. The Kier molecular flexibility index (Phi) is 6.49. The molecule has 27 heavy (non-hydrogen) atoms. The molecule has 0 radical (unpaired) electrons. The number of carbonyl (C=O) groups excluding carboxylic acids is 1. The van der Waals surface area contributed by atoms with E-state index in [2.05, 4.69) is 36.7 Å². The third-order valence-corrected chi connectivity index (χ3v) is 5.10. The molecule has 0 aliphatic carbocycles. The summed E-state index contributed by atoms with van der Waals surface area (Å²) >= 11 is 10.5. The topological polar surface area (TPSA) is 98.2 Å². The number of hydrogen-bond donors (Lipinski definition) is 2. The van der Waals surface area contributed by atoms with E-state index in [1.807, 2.05) is 24.3 Å². The van der Waals surface area contributed by atoms with Gasteiger partial charge < -0.3 is 5.84 Å². The molecule has 0 aliphatic heterocycles. The normalized spacial score (nSPS) is 11.0. The number of rotatable bonds is 7. The summed E-state index contributed by atoms with van der Waals surface area (Å²) in [5.41, 5.74) is 4.16. The monoisotopic (exact) mass is 464 g/mol. The second kappa shape index (κ2) is 9.03. The van der Waals surface area contributed by atoms with Crippen molar-refractivity contribution in [2.24, 2.45) is 5.10 Å². The lowest BCUT2D eigenvalue weighted by Gasteiger charge is -2.03. The molecule has 3 aromatic rings. The van der Waals surface area contributed by atoms with Crippen LogP contribution in [0.25, 0.3) is 0 Å². The van der Waals surface area contributed by atoms with Crippen molar-refractivity contribution in [2.75, 3.05) is 17.0 Å². The largest absolute Gasteiger partial charge is 0.334 e. The second-order valence-corrected chi connectivity index (χ2v) is 7.61. The zero-order valence-corrected chi connectivity index (χ0v) is 17.0. The van der Waals surface area contributed by atoms with Crippen LogP contribution in [0.2, 0.25) is 5.02 Å². The smallest absolute Gasteiger partial charge is 0.264 e. The Morgan fingerprint density at radius 2 is 2.07 bits per heavy atom. The van der Waals surface area contributed by atoms with E-state index in [0.717, 1.165) is 10.0 Å². The van der Waals surface area contributed by atoms with Crippen LogP contribution in [0.5, 0.6) is 0 Å². The third-order valence-electron chi connectivity index (χ3n) is 3.39. The number of nitrogens with zero attached hydrogens (tertiary/aromatic N) is 4. The van der Waals surface area contributed by atoms with Gasteiger partial charge >= 0.3 is 0 Å². The lowest BCUT2D eigenvalue weighted by Crippen LogP contribution is -2.14. The fourth-order valence-electron chi connectivity index (χ4n) is 2.05. The Morgan fingerprint density at radius 1 is 1.30 bits per heavy atom. The number of aromatic nitrogens is 3. The molecule has 138 valence electrons. The van der Waals surface area contributed by atoms with Gasteiger partial charge in [-0.2, -0.15) is 5.10 Å². The number of Topliss-reactive ketones (excluding diaryl/α,β-unsaturated/α-hetero) is 1. The number of hydrazone groups is 1. The molecule has 0 saturated carbocycles. The maximum atomic E-state index is 12.2. The minimum atomic E-state index is -0.0241. The summed E-state index contributed by atoms with van der Waals surface area (Å²) in [7, 11) is 0. The summed E-state index contributed by atoms with van der Waals surface area (Å²) < 4.78 is 2.16. The molecule has 2 aromatic carbocycles. The van der Waals surface area contributed by atoms with Gasteiger partial charge in [0, 0.05) is 15.1 Å². The van der Waals surface area contributed by atoms with Gasteiger partial charge in [0.2, 0.25) is 5.16 Å². The zero-order valence-electron chi connectivity index (χ0n) is 13.8. The fraction of sp³-hybridized carbons (Fsp3) is 0.0588. The van der Waals surface area contributed by atoms with E-state index < -0.39 is 0 Å². The average molecular weight is 466 g/mol. The highest BCUT2D eigenvalue weighted by molar-refractivity contribution is 9.10. The summed E-state index contributed by atoms with van der Waals surface area (Å²) in [6.45, 7) is 0. The zero-order chi connectivity index (χ0) is 19.2. The minimum absolute atomic E-state index is 0.0241. The van der Waals surface area contributed by atoms with Crippen LogP contribution in [0, 0.1) is 0 Å². The SMILES string of the molecule is Nn1c(N/N=C/c2cccc(Cl)c2)nnc1SCC(=O)c1ccc(Br)cc1. The molecule has 0 unspecified atom stereocenters. The molecule has 0 saturated heterocycles. The van der Waals surface area contributed by atoms with E-state index in [4.69, 9.17) is 17.4 Å². The van der Waals surface area contributed by atoms with Crippen LogP contribution < -0.4 is 11.3 Å². The predicted molar refractivity (Wildman–Crippen MR) is 112 cm³/mol. The number of carbonyl (C=O) groups is 1. The van der Waals surface area contributed by atoms with E-state index in [1.54, 1.807) is 30.5 Å². The summed E-state index contributed by atoms with van der Waals surface area (Å²) in [5, 5.41) is 13.0. The van der Waals surface area contributed by atoms with Gasteiger partial charge in [0.05, 0.1) is 12.0 Å². The van der Waals surface area contributed by atoms with Crippen LogP contribution in [-0.2, 0) is 0 Å². The van der Waals surface area contributed by atoms with Crippen molar-refractivity contribution in [1.29, 1.82) is 0 Å². The van der Waals surface area contributed by atoms with Crippen molar-refractivity contribution in [3.05, 3.63) is 69.2 Å². The average Bonchev–Trinajstić information content (AvgIpc) is 3.00. The van der Waals surface area contributed by atoms with Crippen LogP contribution in [-0.4, -0.2) is 32.6 Å². The molecule has 0 spiro atoms. The van der Waals surface area contributed by atoms with E-state index in [0.29, 0.717) is 15.7 Å². The molecule has 3 N–H and O–H groups in total. The predicted octanol–water partition coefficient (Wildman–Crippen LogP) is 3.83. The van der Waals surface area contributed by atoms with Gasteiger partial charge in [0.1, 0.15) is 0 Å². The number of hydrogen-bond acceptors (Lipinski definition) is 7. The molecule has 0 fully saturated rings. The molecular weight excluding hydrogens is 452 g/mol. The number of thioether (sulfide) groups is 1. The fourth-order valence-corrected chi connectivity index (χ4v) is 3.27. The number of ketones is 1. The molecule has 10 heteroatoms. The molecule has 0 aliphatic rings. The first-order valence-corrected chi connectivity index (χ1v) is 9.85. The summed E-state index contributed by atoms with van der Waals surface area (Å²) in [4.78, 5) is 12.2. The molecule has 7 nitrogen and oxygen atoms in total. The van der Waals surface area contributed by atoms with E-state index >= 15 is 0 Å². The van der Waals surface area contributed by atoms with Crippen molar-refractivity contribution < 1.29 is 4.79 Å². The van der Waals surface area contributed by atoms with Crippen LogP contribution in [0.3, 0.4) is 0 Å². The van der Waals surface area contributed by atoms with Crippen molar-refractivity contribution in [3.63, 3.8) is 0 Å². The number of nitrogens with one attached hydrogen (secondary N) is 1. The number of benzene rings is 2. The summed E-state index contributed by atoms with van der Waals surface area (Å²) in [6.07, 6.45) is 1.59. The van der Waals surface area contributed by atoms with E-state index in [1.165, 1.54) is 16.4 Å².